The van der Waals surface area contributed by atoms with Crippen LogP contribution in [0.3, 0.4) is 0 Å². The SMILES string of the molecule is CCCCCCCCCCCCCCCCC(=O)O[C@H](COC(=O)CCCCCCCCCC(C)C)COP(=O)(O)OC[C@H](O)COP(=O)(O)OC[C@@H](COC(=O)CCCCCCCCCCCCCCCCC(C)C)OC(=O)CCCCCCCCCCCCCCCCC(C)C. The Morgan fingerprint density at radius 3 is 0.694 bits per heavy atom. The van der Waals surface area contributed by atoms with Gasteiger partial charge in [-0.1, -0.05) is 357 Å². The average Bonchev–Trinajstić information content (AvgIpc) is 0.953. The smallest absolute Gasteiger partial charge is 0.462 e. The van der Waals surface area contributed by atoms with Crippen molar-refractivity contribution in [3.63, 3.8) is 0 Å². The molecular formula is C79H154O17P2. The van der Waals surface area contributed by atoms with Crippen LogP contribution in [0.5, 0.6) is 0 Å². The van der Waals surface area contributed by atoms with E-state index < -0.39 is 97.5 Å². The molecular weight excluding hydrogens is 1280 g/mol. The lowest BCUT2D eigenvalue weighted by Gasteiger charge is -2.21. The van der Waals surface area contributed by atoms with Crippen LogP contribution >= 0.6 is 15.6 Å². The molecule has 0 radical (unpaired) electrons. The van der Waals surface area contributed by atoms with Gasteiger partial charge in [0.15, 0.2) is 12.2 Å². The van der Waals surface area contributed by atoms with Crippen molar-refractivity contribution >= 4 is 39.5 Å². The third-order valence-electron chi connectivity index (χ3n) is 18.4. The maximum atomic E-state index is 13.1. The summed E-state index contributed by atoms with van der Waals surface area (Å²) < 4.78 is 68.6. The van der Waals surface area contributed by atoms with E-state index in [1.165, 1.54) is 212 Å². The van der Waals surface area contributed by atoms with E-state index in [0.29, 0.717) is 31.6 Å². The number of aliphatic hydroxyl groups excluding tert-OH is 1. The van der Waals surface area contributed by atoms with Gasteiger partial charge in [-0.25, -0.2) is 9.13 Å². The summed E-state index contributed by atoms with van der Waals surface area (Å²) in [5.41, 5.74) is 0. The number of rotatable bonds is 77. The first kappa shape index (κ1) is 96.1. The average molecular weight is 1440 g/mol. The molecule has 0 saturated heterocycles. The minimum atomic E-state index is -4.96. The number of aliphatic hydroxyl groups is 1. The highest BCUT2D eigenvalue weighted by atomic mass is 31.2. The maximum absolute atomic E-state index is 13.1. The molecule has 0 amide bonds. The first-order chi connectivity index (χ1) is 47.2. The molecule has 0 rings (SSSR count). The molecule has 0 aliphatic carbocycles. The van der Waals surface area contributed by atoms with Crippen LogP contribution in [0.15, 0.2) is 0 Å². The van der Waals surface area contributed by atoms with Crippen molar-refractivity contribution < 1.29 is 80.2 Å². The van der Waals surface area contributed by atoms with Gasteiger partial charge in [-0.2, -0.15) is 0 Å². The molecule has 5 atom stereocenters. The van der Waals surface area contributed by atoms with Gasteiger partial charge in [0.2, 0.25) is 0 Å². The van der Waals surface area contributed by atoms with E-state index in [9.17, 15) is 43.2 Å². The number of unbranched alkanes of at least 4 members (excludes halogenated alkanes) is 45. The largest absolute Gasteiger partial charge is 0.472 e. The zero-order chi connectivity index (χ0) is 72.3. The third-order valence-corrected chi connectivity index (χ3v) is 20.3. The summed E-state index contributed by atoms with van der Waals surface area (Å²) in [6, 6.07) is 0. The number of carbonyl (C=O) groups is 4. The van der Waals surface area contributed by atoms with Gasteiger partial charge in [0, 0.05) is 25.7 Å². The molecule has 0 saturated carbocycles. The Morgan fingerprint density at radius 2 is 0.469 bits per heavy atom. The van der Waals surface area contributed by atoms with E-state index in [0.717, 1.165) is 108 Å². The van der Waals surface area contributed by atoms with Gasteiger partial charge in [0.25, 0.3) is 0 Å². The van der Waals surface area contributed by atoms with Gasteiger partial charge in [-0.3, -0.25) is 37.3 Å². The molecule has 0 heterocycles. The molecule has 0 aromatic rings. The van der Waals surface area contributed by atoms with E-state index in [1.54, 1.807) is 0 Å². The van der Waals surface area contributed by atoms with Crippen LogP contribution in [-0.4, -0.2) is 96.7 Å². The topological polar surface area (TPSA) is 237 Å². The predicted octanol–water partition coefficient (Wildman–Crippen LogP) is 23.4. The fourth-order valence-electron chi connectivity index (χ4n) is 12.1. The fourth-order valence-corrected chi connectivity index (χ4v) is 13.7. The quantitative estimate of drug-likeness (QED) is 0.0222. The summed E-state index contributed by atoms with van der Waals surface area (Å²) in [5.74, 6) is 0.187. The van der Waals surface area contributed by atoms with Gasteiger partial charge in [0.1, 0.15) is 19.3 Å². The Hall–Kier alpha value is -1.94. The molecule has 17 nitrogen and oxygen atoms in total. The lowest BCUT2D eigenvalue weighted by molar-refractivity contribution is -0.161. The van der Waals surface area contributed by atoms with Crippen LogP contribution < -0.4 is 0 Å². The van der Waals surface area contributed by atoms with Crippen molar-refractivity contribution in [2.24, 2.45) is 17.8 Å². The van der Waals surface area contributed by atoms with Crippen molar-refractivity contribution in [3.8, 4) is 0 Å². The Morgan fingerprint density at radius 1 is 0.276 bits per heavy atom. The van der Waals surface area contributed by atoms with Gasteiger partial charge >= 0.3 is 39.5 Å². The lowest BCUT2D eigenvalue weighted by atomic mass is 10.0. The number of hydrogen-bond donors (Lipinski definition) is 3. The maximum Gasteiger partial charge on any atom is 0.472 e. The number of esters is 4. The van der Waals surface area contributed by atoms with Gasteiger partial charge in [-0.05, 0) is 43.4 Å². The van der Waals surface area contributed by atoms with Crippen molar-refractivity contribution in [1.29, 1.82) is 0 Å². The fraction of sp³-hybridized carbons (Fsp3) is 0.949. The molecule has 582 valence electrons. The normalized spacial score (nSPS) is 14.0. The van der Waals surface area contributed by atoms with E-state index in [4.69, 9.17) is 37.0 Å². The zero-order valence-corrected chi connectivity index (χ0v) is 66.0. The van der Waals surface area contributed by atoms with E-state index in [1.807, 2.05) is 0 Å². The standard InChI is InChI=1S/C79H154O17P2/c1-8-9-10-11-12-13-14-15-22-28-33-40-48-55-62-79(84)96-75(67-90-77(82)61-54-47-42-35-38-45-52-59-72(6)7)69-94-98(87,88)92-65-73(80)64-91-97(85,86)93-68-74(95-78(83)63-56-49-41-34-29-24-19-17-21-26-31-37-44-51-58-71(4)5)66-89-76(81)60-53-46-39-32-27-23-18-16-20-25-30-36-43-50-57-70(2)3/h70-75,80H,8-69H2,1-7H3,(H,85,86)(H,87,88)/t73-,74-,75-/m1/s1. The summed E-state index contributed by atoms with van der Waals surface area (Å²) in [4.78, 5) is 72.9. The summed E-state index contributed by atoms with van der Waals surface area (Å²) in [5, 5.41) is 10.6. The number of carbonyl (C=O) groups excluding carboxylic acids is 4. The minimum absolute atomic E-state index is 0.107. The van der Waals surface area contributed by atoms with Crippen molar-refractivity contribution in [2.75, 3.05) is 39.6 Å². The van der Waals surface area contributed by atoms with Crippen LogP contribution in [0, 0.1) is 17.8 Å². The lowest BCUT2D eigenvalue weighted by Crippen LogP contribution is -2.30. The predicted molar refractivity (Wildman–Crippen MR) is 400 cm³/mol. The summed E-state index contributed by atoms with van der Waals surface area (Å²) in [6.07, 6.45) is 56.9. The van der Waals surface area contributed by atoms with E-state index in [-0.39, 0.29) is 25.7 Å². The second-order valence-corrected chi connectivity index (χ2v) is 32.8. The molecule has 0 bridgehead atoms. The van der Waals surface area contributed by atoms with Crippen LogP contribution in [-0.2, 0) is 65.4 Å². The Labute approximate surface area is 600 Å². The summed E-state index contributed by atoms with van der Waals surface area (Å²) >= 11 is 0. The Kier molecular flexibility index (Phi) is 68.1. The van der Waals surface area contributed by atoms with E-state index in [2.05, 4.69) is 48.5 Å². The highest BCUT2D eigenvalue weighted by molar-refractivity contribution is 7.47. The van der Waals surface area contributed by atoms with Gasteiger partial charge in [-0.15, -0.1) is 0 Å². The second kappa shape index (κ2) is 69.4. The number of phosphoric acid groups is 2. The first-order valence-electron chi connectivity index (χ1n) is 40.8. The van der Waals surface area contributed by atoms with Crippen LogP contribution in [0.2, 0.25) is 0 Å². The van der Waals surface area contributed by atoms with Crippen molar-refractivity contribution in [3.05, 3.63) is 0 Å². The van der Waals surface area contributed by atoms with Crippen LogP contribution in [0.4, 0.5) is 0 Å². The molecule has 2 unspecified atom stereocenters. The number of hydrogen-bond acceptors (Lipinski definition) is 15. The zero-order valence-electron chi connectivity index (χ0n) is 64.3. The van der Waals surface area contributed by atoms with Crippen molar-refractivity contribution in [2.45, 2.75) is 426 Å². The third kappa shape index (κ3) is 72.4. The van der Waals surface area contributed by atoms with Crippen molar-refractivity contribution in [1.82, 2.24) is 0 Å². The molecule has 0 spiro atoms. The van der Waals surface area contributed by atoms with Gasteiger partial charge < -0.3 is 33.8 Å². The minimum Gasteiger partial charge on any atom is -0.462 e. The van der Waals surface area contributed by atoms with Crippen LogP contribution in [0.25, 0.3) is 0 Å². The van der Waals surface area contributed by atoms with E-state index >= 15 is 0 Å². The number of ether oxygens (including phenoxy) is 4. The Bertz CT molecular complexity index is 1900. The molecule has 19 heteroatoms. The Balaban J connectivity index is 5.25. The first-order valence-corrected chi connectivity index (χ1v) is 43.8. The monoisotopic (exact) mass is 1440 g/mol. The summed E-state index contributed by atoms with van der Waals surface area (Å²) in [6.45, 7) is 11.9. The number of phosphoric ester groups is 2. The molecule has 0 aromatic heterocycles. The molecule has 3 N–H and O–H groups in total. The highest BCUT2D eigenvalue weighted by Gasteiger charge is 2.30. The van der Waals surface area contributed by atoms with Crippen LogP contribution in [0.1, 0.15) is 408 Å². The molecule has 0 aromatic carbocycles. The molecule has 0 fully saturated rings. The molecule has 98 heavy (non-hydrogen) atoms. The highest BCUT2D eigenvalue weighted by Crippen LogP contribution is 2.45. The molecule has 0 aliphatic heterocycles. The molecule has 0 aliphatic rings. The van der Waals surface area contributed by atoms with Gasteiger partial charge in [0.05, 0.1) is 26.4 Å². The summed E-state index contributed by atoms with van der Waals surface area (Å²) in [7, 11) is -9.92. The second-order valence-electron chi connectivity index (χ2n) is 29.9.